The molecule has 1 N–H and O–H groups in total. The smallest absolute Gasteiger partial charge is 0.387 e. The molecule has 9 heteroatoms. The zero-order chi connectivity index (χ0) is 19.0. The number of fused-ring (bicyclic) bond motifs is 2. The Morgan fingerprint density at radius 2 is 2.00 bits per heavy atom. The second kappa shape index (κ2) is 8.69. The van der Waals surface area contributed by atoms with Crippen LogP contribution in [-0.4, -0.2) is 43.3 Å². The van der Waals surface area contributed by atoms with Gasteiger partial charge in [-0.25, -0.2) is 0 Å². The quantitative estimate of drug-likeness (QED) is 0.795. The van der Waals surface area contributed by atoms with Crippen molar-refractivity contribution in [2.45, 2.75) is 57.3 Å². The number of carbonyl (C=O) groups excluding carboxylic acids is 1. The van der Waals surface area contributed by atoms with Crippen LogP contribution in [0.15, 0.2) is 12.1 Å². The van der Waals surface area contributed by atoms with E-state index in [0.717, 1.165) is 12.8 Å². The molecule has 3 unspecified atom stereocenters. The van der Waals surface area contributed by atoms with E-state index in [1.807, 2.05) is 0 Å². The molecule has 1 aromatic rings. The summed E-state index contributed by atoms with van der Waals surface area (Å²) in [4.78, 5) is 14.4. The number of likely N-dealkylation sites (N-methyl/N-ethyl adjacent to an activating group) is 1. The highest BCUT2D eigenvalue weighted by atomic mass is 35.5. The van der Waals surface area contributed by atoms with E-state index in [-0.39, 0.29) is 43.4 Å². The minimum Gasteiger partial charge on any atom is -0.454 e. The largest absolute Gasteiger partial charge is 0.454 e. The molecule has 6 nitrogen and oxygen atoms in total. The van der Waals surface area contributed by atoms with Gasteiger partial charge in [0.1, 0.15) is 5.75 Å². The first-order valence-corrected chi connectivity index (χ1v) is 9.39. The normalized spacial score (nSPS) is 25.2. The maximum atomic E-state index is 12.9. The van der Waals surface area contributed by atoms with Crippen LogP contribution >= 0.6 is 12.4 Å². The highest BCUT2D eigenvalue weighted by molar-refractivity contribution is 5.85. The summed E-state index contributed by atoms with van der Waals surface area (Å²) in [5, 5.41) is 3.46. The Labute approximate surface area is 168 Å². The summed E-state index contributed by atoms with van der Waals surface area (Å²) in [6.07, 6.45) is 5.56. The van der Waals surface area contributed by atoms with Crippen LogP contribution in [0.5, 0.6) is 17.2 Å². The number of hydrogen-bond donors (Lipinski definition) is 1. The van der Waals surface area contributed by atoms with Gasteiger partial charge < -0.3 is 24.4 Å². The number of nitrogens with zero attached hydrogens (tertiary/aromatic N) is 1. The number of nitrogens with one attached hydrogen (secondary N) is 1. The van der Waals surface area contributed by atoms with Gasteiger partial charge in [0, 0.05) is 31.3 Å². The van der Waals surface area contributed by atoms with Gasteiger partial charge in [0.25, 0.3) is 0 Å². The lowest BCUT2D eigenvalue weighted by molar-refractivity contribution is -0.132. The molecule has 2 aliphatic heterocycles. The summed E-state index contributed by atoms with van der Waals surface area (Å²) < 4.78 is 40.7. The third kappa shape index (κ3) is 4.27. The van der Waals surface area contributed by atoms with Crippen molar-refractivity contribution in [1.82, 2.24) is 10.2 Å². The minimum absolute atomic E-state index is 0. The molecule has 28 heavy (non-hydrogen) atoms. The maximum Gasteiger partial charge on any atom is 0.387 e. The topological polar surface area (TPSA) is 60.0 Å². The molecule has 2 heterocycles. The number of carbonyl (C=O) groups is 1. The Hall–Kier alpha value is -1.80. The molecule has 3 aliphatic rings. The van der Waals surface area contributed by atoms with Crippen molar-refractivity contribution >= 4 is 18.3 Å². The molecule has 1 aliphatic carbocycles. The highest BCUT2D eigenvalue weighted by Crippen LogP contribution is 2.39. The first kappa shape index (κ1) is 20.9. The first-order chi connectivity index (χ1) is 13.0. The van der Waals surface area contributed by atoms with Crippen molar-refractivity contribution in [3.05, 3.63) is 17.7 Å². The summed E-state index contributed by atoms with van der Waals surface area (Å²) >= 11 is 0. The second-order valence-electron chi connectivity index (χ2n) is 7.49. The number of halogens is 3. The van der Waals surface area contributed by atoms with Crippen LogP contribution in [0.1, 0.15) is 37.7 Å². The average molecular weight is 419 g/mol. The molecule has 1 saturated carbocycles. The summed E-state index contributed by atoms with van der Waals surface area (Å²) in [5.74, 6) is 1.37. The molecule has 4 rings (SSSR count). The Balaban J connectivity index is 0.00000225. The highest BCUT2D eigenvalue weighted by Gasteiger charge is 2.39. The van der Waals surface area contributed by atoms with Crippen LogP contribution < -0.4 is 19.5 Å². The number of alkyl halides is 2. The average Bonchev–Trinajstić information content (AvgIpc) is 3.26. The van der Waals surface area contributed by atoms with Crippen molar-refractivity contribution in [3.63, 3.8) is 0 Å². The molecule has 3 atom stereocenters. The third-order valence-corrected chi connectivity index (χ3v) is 5.72. The van der Waals surface area contributed by atoms with Crippen LogP contribution in [0.25, 0.3) is 0 Å². The Bertz CT molecular complexity index is 707. The van der Waals surface area contributed by atoms with Gasteiger partial charge in [0.2, 0.25) is 12.7 Å². The van der Waals surface area contributed by atoms with Gasteiger partial charge >= 0.3 is 6.61 Å². The van der Waals surface area contributed by atoms with E-state index in [0.29, 0.717) is 29.0 Å². The summed E-state index contributed by atoms with van der Waals surface area (Å²) in [5.41, 5.74) is 0.464. The van der Waals surface area contributed by atoms with Gasteiger partial charge in [0.15, 0.2) is 11.5 Å². The van der Waals surface area contributed by atoms with Crippen molar-refractivity contribution in [2.24, 2.45) is 5.92 Å². The van der Waals surface area contributed by atoms with Crippen LogP contribution in [0.2, 0.25) is 0 Å². The second-order valence-corrected chi connectivity index (χ2v) is 7.49. The molecule has 0 aromatic heterocycles. The van der Waals surface area contributed by atoms with Crippen molar-refractivity contribution in [1.29, 1.82) is 0 Å². The number of hydrogen-bond acceptors (Lipinski definition) is 5. The molecule has 0 radical (unpaired) electrons. The van der Waals surface area contributed by atoms with Crippen LogP contribution in [0.3, 0.4) is 0 Å². The molecular weight excluding hydrogens is 394 g/mol. The Morgan fingerprint density at radius 1 is 1.29 bits per heavy atom. The monoisotopic (exact) mass is 418 g/mol. The van der Waals surface area contributed by atoms with E-state index in [4.69, 9.17) is 9.47 Å². The lowest BCUT2D eigenvalue weighted by Gasteiger charge is -2.24. The van der Waals surface area contributed by atoms with Gasteiger partial charge in [-0.05, 0) is 31.2 Å². The van der Waals surface area contributed by atoms with Crippen molar-refractivity contribution in [2.75, 3.05) is 13.8 Å². The number of amides is 1. The van der Waals surface area contributed by atoms with E-state index in [1.165, 1.54) is 25.3 Å². The van der Waals surface area contributed by atoms with Crippen LogP contribution in [0, 0.1) is 5.92 Å². The van der Waals surface area contributed by atoms with E-state index in [1.54, 1.807) is 18.0 Å². The summed E-state index contributed by atoms with van der Waals surface area (Å²) in [6, 6.07) is 3.21. The fourth-order valence-corrected chi connectivity index (χ4v) is 4.40. The maximum absolute atomic E-state index is 12.9. The number of rotatable bonds is 5. The molecule has 156 valence electrons. The first-order valence-electron chi connectivity index (χ1n) is 9.39. The van der Waals surface area contributed by atoms with Gasteiger partial charge in [-0.1, -0.05) is 12.8 Å². The van der Waals surface area contributed by atoms with E-state index >= 15 is 0 Å². The molecule has 1 saturated heterocycles. The van der Waals surface area contributed by atoms with Crippen LogP contribution in [-0.2, 0) is 11.3 Å². The van der Waals surface area contributed by atoms with Gasteiger partial charge in [-0.15, -0.1) is 12.4 Å². The zero-order valence-electron chi connectivity index (χ0n) is 15.7. The van der Waals surface area contributed by atoms with Crippen molar-refractivity contribution in [3.8, 4) is 17.2 Å². The molecular formula is C19H25ClF2N2O4. The fourth-order valence-electron chi connectivity index (χ4n) is 4.40. The molecule has 2 fully saturated rings. The van der Waals surface area contributed by atoms with Gasteiger partial charge in [-0.2, -0.15) is 8.78 Å². The Morgan fingerprint density at radius 3 is 2.71 bits per heavy atom. The molecule has 0 spiro atoms. The summed E-state index contributed by atoms with van der Waals surface area (Å²) in [6.45, 7) is -2.76. The van der Waals surface area contributed by atoms with Gasteiger partial charge in [-0.3, -0.25) is 4.79 Å². The Kier molecular flexibility index (Phi) is 6.50. The lowest BCUT2D eigenvalue weighted by atomic mass is 9.85. The third-order valence-electron chi connectivity index (χ3n) is 5.72. The molecule has 1 amide bonds. The van der Waals surface area contributed by atoms with Crippen LogP contribution in [0.4, 0.5) is 8.78 Å². The predicted octanol–water partition coefficient (Wildman–Crippen LogP) is 3.32. The molecule has 0 bridgehead atoms. The summed E-state index contributed by atoms with van der Waals surface area (Å²) in [7, 11) is 1.68. The van der Waals surface area contributed by atoms with Gasteiger partial charge in [0.05, 0.1) is 6.04 Å². The SMILES string of the molecule is CN(Cc1cc2c(cc1OC(F)F)OCO2)C(=O)C1CC2CCCCC2N1.Cl. The minimum atomic E-state index is -2.95. The number of benzene rings is 1. The standard InChI is InChI=1S/C19H24F2N2O4.ClH/c1-23(18(24)14-6-11-4-2-3-5-13(11)22-14)9-12-7-16-17(26-10-25-16)8-15(12)27-19(20)21;/h7-8,11,13-14,19,22H,2-6,9-10H2,1H3;1H. The molecule has 1 aromatic carbocycles. The van der Waals surface area contributed by atoms with E-state index in [2.05, 4.69) is 10.1 Å². The van der Waals surface area contributed by atoms with Crippen molar-refractivity contribution < 1.29 is 27.8 Å². The number of ether oxygens (including phenoxy) is 3. The van der Waals surface area contributed by atoms with E-state index in [9.17, 15) is 13.6 Å². The van der Waals surface area contributed by atoms with E-state index < -0.39 is 6.61 Å². The fraction of sp³-hybridized carbons (Fsp3) is 0.632. The zero-order valence-corrected chi connectivity index (χ0v) is 16.5. The predicted molar refractivity (Wildman–Crippen MR) is 100 cm³/mol. The lowest BCUT2D eigenvalue weighted by Crippen LogP contribution is -2.43.